The summed E-state index contributed by atoms with van der Waals surface area (Å²) in [5.41, 5.74) is 2.27. The molecule has 0 aliphatic carbocycles. The topological polar surface area (TPSA) is 87.7 Å². The highest BCUT2D eigenvalue weighted by molar-refractivity contribution is 7.12. The highest BCUT2D eigenvalue weighted by Crippen LogP contribution is 2.35. The van der Waals surface area contributed by atoms with Gasteiger partial charge in [-0.15, -0.1) is 11.3 Å². The molecule has 1 fully saturated rings. The molecule has 2 heterocycles. The van der Waals surface area contributed by atoms with Gasteiger partial charge in [-0.2, -0.15) is 0 Å². The number of benzene rings is 3. The Labute approximate surface area is 216 Å². The van der Waals surface area contributed by atoms with Crippen molar-refractivity contribution in [2.75, 3.05) is 10.6 Å². The predicted molar refractivity (Wildman–Crippen MR) is 139 cm³/mol. The molecule has 2 N–H and O–H groups in total. The molecule has 3 amide bonds. The Morgan fingerprint density at radius 1 is 0.892 bits per heavy atom. The molecule has 37 heavy (non-hydrogen) atoms. The molecular formula is C28H22FN3O4S. The Morgan fingerprint density at radius 2 is 1.68 bits per heavy atom. The highest BCUT2D eigenvalue weighted by atomic mass is 32.1. The molecule has 0 bridgehead atoms. The van der Waals surface area contributed by atoms with Gasteiger partial charge in [0.2, 0.25) is 0 Å². The maximum atomic E-state index is 13.5. The fourth-order valence-corrected chi connectivity index (χ4v) is 4.75. The van der Waals surface area contributed by atoms with Gasteiger partial charge < -0.3 is 15.4 Å². The first-order valence-corrected chi connectivity index (χ1v) is 12.4. The molecule has 0 saturated carbocycles. The van der Waals surface area contributed by atoms with Gasteiger partial charge in [-0.25, -0.2) is 9.18 Å². The summed E-state index contributed by atoms with van der Waals surface area (Å²) < 4.78 is 19.1. The van der Waals surface area contributed by atoms with E-state index in [0.29, 0.717) is 21.8 Å². The summed E-state index contributed by atoms with van der Waals surface area (Å²) >= 11 is 1.32. The van der Waals surface area contributed by atoms with E-state index >= 15 is 0 Å². The van der Waals surface area contributed by atoms with Gasteiger partial charge in [0.15, 0.2) is 12.1 Å². The molecule has 1 aliphatic heterocycles. The molecule has 3 aromatic carbocycles. The summed E-state index contributed by atoms with van der Waals surface area (Å²) in [4.78, 5) is 41.0. The number of amides is 3. The number of rotatable bonds is 7. The van der Waals surface area contributed by atoms with E-state index in [1.165, 1.54) is 40.5 Å². The highest BCUT2D eigenvalue weighted by Gasteiger charge is 2.47. The maximum absolute atomic E-state index is 13.5. The normalized spacial score (nSPS) is 16.8. The lowest BCUT2D eigenvalue weighted by Crippen LogP contribution is -2.43. The fraction of sp³-hybridized carbons (Fsp3) is 0.107. The number of anilines is 2. The zero-order chi connectivity index (χ0) is 25.8. The maximum Gasteiger partial charge on any atom is 0.411 e. The number of cyclic esters (lactones) is 1. The monoisotopic (exact) mass is 515 g/mol. The van der Waals surface area contributed by atoms with Crippen molar-refractivity contribution in [3.8, 4) is 0 Å². The van der Waals surface area contributed by atoms with Gasteiger partial charge in [-0.05, 0) is 59.0 Å². The second-order valence-corrected chi connectivity index (χ2v) is 9.36. The number of hydrogen-bond donors (Lipinski definition) is 2. The van der Waals surface area contributed by atoms with Crippen LogP contribution in [0.25, 0.3) is 0 Å². The Balaban J connectivity index is 1.44. The van der Waals surface area contributed by atoms with E-state index < -0.39 is 30.0 Å². The third kappa shape index (κ3) is 5.52. The third-order valence-electron chi connectivity index (χ3n) is 5.88. The Bertz CT molecular complexity index is 1410. The number of carbonyl (C=O) groups is 3. The second-order valence-electron chi connectivity index (χ2n) is 8.42. The number of ether oxygens (including phenoxy) is 1. The molecule has 9 heteroatoms. The van der Waals surface area contributed by atoms with Gasteiger partial charge in [-0.1, -0.05) is 48.5 Å². The van der Waals surface area contributed by atoms with Crippen LogP contribution in [0.2, 0.25) is 0 Å². The zero-order valence-corrected chi connectivity index (χ0v) is 20.3. The van der Waals surface area contributed by atoms with E-state index in [1.54, 1.807) is 36.4 Å². The van der Waals surface area contributed by atoms with Crippen LogP contribution in [0.5, 0.6) is 0 Å². The number of nitrogens with one attached hydrogen (secondary N) is 2. The van der Waals surface area contributed by atoms with Crippen LogP contribution >= 0.6 is 11.3 Å². The molecule has 0 spiro atoms. The molecule has 5 rings (SSSR count). The van der Waals surface area contributed by atoms with Crippen molar-refractivity contribution in [3.63, 3.8) is 0 Å². The smallest absolute Gasteiger partial charge is 0.411 e. The average molecular weight is 516 g/mol. The van der Waals surface area contributed by atoms with Crippen LogP contribution < -0.4 is 10.6 Å². The lowest BCUT2D eigenvalue weighted by molar-refractivity contribution is -0.121. The lowest BCUT2D eigenvalue weighted by atomic mass is 10.00. The van der Waals surface area contributed by atoms with Crippen molar-refractivity contribution in [1.82, 2.24) is 4.90 Å². The summed E-state index contributed by atoms with van der Waals surface area (Å²) in [5.74, 6) is -1.17. The van der Waals surface area contributed by atoms with E-state index in [9.17, 15) is 18.8 Å². The molecule has 0 unspecified atom stereocenters. The van der Waals surface area contributed by atoms with Gasteiger partial charge >= 0.3 is 6.09 Å². The second kappa shape index (κ2) is 10.6. The quantitative estimate of drug-likeness (QED) is 0.324. The van der Waals surface area contributed by atoms with Gasteiger partial charge in [0.05, 0.1) is 11.4 Å². The molecule has 0 radical (unpaired) electrons. The number of nitrogens with zero attached hydrogens (tertiary/aromatic N) is 1. The molecule has 1 aromatic heterocycles. The van der Waals surface area contributed by atoms with Crippen molar-refractivity contribution in [1.29, 1.82) is 0 Å². The molecular weight excluding hydrogens is 493 g/mol. The molecule has 7 nitrogen and oxygen atoms in total. The zero-order valence-electron chi connectivity index (χ0n) is 19.5. The molecule has 1 aliphatic rings. The third-order valence-corrected chi connectivity index (χ3v) is 6.75. The predicted octanol–water partition coefficient (Wildman–Crippen LogP) is 5.84. The summed E-state index contributed by atoms with van der Waals surface area (Å²) in [6, 6.07) is 24.0. The van der Waals surface area contributed by atoms with Crippen LogP contribution in [0.15, 0.2) is 96.4 Å². The summed E-state index contributed by atoms with van der Waals surface area (Å²) in [5, 5.41) is 7.42. The van der Waals surface area contributed by atoms with Crippen molar-refractivity contribution in [2.24, 2.45) is 0 Å². The van der Waals surface area contributed by atoms with E-state index in [2.05, 4.69) is 10.6 Å². The standard InChI is InChI=1S/C28H22FN3O4S/c29-20-11-13-21(14-12-20)30-27(34)24-25(36-28(35)32(24)17-18-6-2-1-3-7-18)19-8-4-9-22(16-19)31-26(33)23-10-5-15-37-23/h1-16,24-25H,17H2,(H,30,34)(H,31,33)/t24-,25-/m1/s1. The Morgan fingerprint density at radius 3 is 2.41 bits per heavy atom. The molecule has 4 aromatic rings. The lowest BCUT2D eigenvalue weighted by Gasteiger charge is -2.24. The first kappa shape index (κ1) is 24.2. The molecule has 2 atom stereocenters. The summed E-state index contributed by atoms with van der Waals surface area (Å²) in [6.07, 6.45) is -1.57. The first-order chi connectivity index (χ1) is 18.0. The van der Waals surface area contributed by atoms with Crippen molar-refractivity contribution in [3.05, 3.63) is 118 Å². The van der Waals surface area contributed by atoms with Crippen LogP contribution in [0, 0.1) is 5.82 Å². The van der Waals surface area contributed by atoms with Crippen molar-refractivity contribution < 1.29 is 23.5 Å². The van der Waals surface area contributed by atoms with E-state index in [-0.39, 0.29) is 12.5 Å². The van der Waals surface area contributed by atoms with E-state index in [4.69, 9.17) is 4.74 Å². The minimum Gasteiger partial charge on any atom is -0.438 e. The van der Waals surface area contributed by atoms with Crippen LogP contribution in [0.1, 0.15) is 26.9 Å². The number of carbonyl (C=O) groups excluding carboxylic acids is 3. The minimum absolute atomic E-state index is 0.159. The average Bonchev–Trinajstić information content (AvgIpc) is 3.55. The van der Waals surface area contributed by atoms with Crippen molar-refractivity contribution in [2.45, 2.75) is 18.7 Å². The van der Waals surface area contributed by atoms with Crippen LogP contribution in [0.3, 0.4) is 0 Å². The van der Waals surface area contributed by atoms with Crippen LogP contribution in [-0.2, 0) is 16.1 Å². The van der Waals surface area contributed by atoms with Crippen LogP contribution in [0.4, 0.5) is 20.6 Å². The molecule has 186 valence electrons. The van der Waals surface area contributed by atoms with E-state index in [1.807, 2.05) is 35.7 Å². The SMILES string of the molecule is O=C(Nc1cccc([C@H]2OC(=O)N(Cc3ccccc3)[C@H]2C(=O)Nc2ccc(F)cc2)c1)c1cccs1. The van der Waals surface area contributed by atoms with Gasteiger partial charge in [0.25, 0.3) is 11.8 Å². The van der Waals surface area contributed by atoms with Crippen molar-refractivity contribution >= 4 is 40.6 Å². The minimum atomic E-state index is -1.01. The Kier molecular flexibility index (Phi) is 6.96. The van der Waals surface area contributed by atoms with Gasteiger partial charge in [0.1, 0.15) is 5.82 Å². The fourth-order valence-electron chi connectivity index (χ4n) is 4.13. The number of hydrogen-bond acceptors (Lipinski definition) is 5. The van der Waals surface area contributed by atoms with E-state index in [0.717, 1.165) is 5.56 Å². The summed E-state index contributed by atoms with van der Waals surface area (Å²) in [7, 11) is 0. The summed E-state index contributed by atoms with van der Waals surface area (Å²) in [6.45, 7) is 0.159. The first-order valence-electron chi connectivity index (χ1n) is 11.5. The Hall–Kier alpha value is -4.50. The van der Waals surface area contributed by atoms with Gasteiger partial charge in [0, 0.05) is 11.4 Å². The number of halogens is 1. The van der Waals surface area contributed by atoms with Crippen LogP contribution in [-0.4, -0.2) is 28.8 Å². The molecule has 1 saturated heterocycles. The number of thiophene rings is 1. The largest absolute Gasteiger partial charge is 0.438 e. The van der Waals surface area contributed by atoms with Gasteiger partial charge in [-0.3, -0.25) is 14.5 Å².